The van der Waals surface area contributed by atoms with Crippen molar-refractivity contribution < 1.29 is 14.3 Å². The van der Waals surface area contributed by atoms with Crippen molar-refractivity contribution in [2.75, 3.05) is 19.7 Å². The van der Waals surface area contributed by atoms with E-state index in [-0.39, 0.29) is 12.5 Å². The number of carbonyl (C=O) groups excluding carboxylic acids is 2. The molecule has 4 nitrogen and oxygen atoms in total. The van der Waals surface area contributed by atoms with Crippen LogP contribution in [0, 0.1) is 0 Å². The van der Waals surface area contributed by atoms with Gasteiger partial charge in [0.1, 0.15) is 12.4 Å². The van der Waals surface area contributed by atoms with Crippen molar-refractivity contribution in [3.05, 3.63) is 65.2 Å². The van der Waals surface area contributed by atoms with Gasteiger partial charge in [-0.05, 0) is 43.2 Å². The molecule has 0 saturated carbocycles. The fourth-order valence-corrected chi connectivity index (χ4v) is 2.59. The number of aldehydes is 1. The molecule has 0 atom stereocenters. The van der Waals surface area contributed by atoms with Gasteiger partial charge in [-0.3, -0.25) is 9.59 Å². The lowest BCUT2D eigenvalue weighted by molar-refractivity contribution is -0.109. The Balaban J connectivity index is 2.12. The van der Waals surface area contributed by atoms with Crippen LogP contribution in [-0.2, 0) is 11.2 Å². The van der Waals surface area contributed by atoms with E-state index in [1.165, 1.54) is 0 Å². The highest BCUT2D eigenvalue weighted by Crippen LogP contribution is 2.21. The first-order chi connectivity index (χ1) is 11.7. The Morgan fingerprint density at radius 2 is 1.71 bits per heavy atom. The van der Waals surface area contributed by atoms with E-state index in [1.807, 2.05) is 62.4 Å². The molecule has 1 amide bonds. The van der Waals surface area contributed by atoms with Crippen LogP contribution in [0.2, 0.25) is 0 Å². The molecule has 2 rings (SSSR count). The zero-order valence-corrected chi connectivity index (χ0v) is 14.2. The third kappa shape index (κ3) is 4.44. The maximum Gasteiger partial charge on any atom is 0.253 e. The molecule has 0 radical (unpaired) electrons. The minimum absolute atomic E-state index is 0.0499. The summed E-state index contributed by atoms with van der Waals surface area (Å²) < 4.78 is 5.45. The van der Waals surface area contributed by atoms with Crippen molar-refractivity contribution in [1.29, 1.82) is 0 Å². The van der Waals surface area contributed by atoms with Gasteiger partial charge >= 0.3 is 0 Å². The van der Waals surface area contributed by atoms with Crippen molar-refractivity contribution in [1.82, 2.24) is 4.90 Å². The van der Waals surface area contributed by atoms with E-state index < -0.39 is 0 Å². The number of hydrogen-bond donors (Lipinski definition) is 0. The molecule has 24 heavy (non-hydrogen) atoms. The second kappa shape index (κ2) is 8.87. The number of carbonyl (C=O) groups is 2. The van der Waals surface area contributed by atoms with Gasteiger partial charge in [0.15, 0.2) is 6.29 Å². The summed E-state index contributed by atoms with van der Waals surface area (Å²) in [5, 5.41) is 0. The Bertz CT molecular complexity index is 676. The van der Waals surface area contributed by atoms with E-state index in [1.54, 1.807) is 4.90 Å². The van der Waals surface area contributed by atoms with Crippen LogP contribution in [-0.4, -0.2) is 36.8 Å². The molecule has 2 aromatic rings. The third-order valence-electron chi connectivity index (χ3n) is 3.93. The molecule has 0 heterocycles. The number of ether oxygens (including phenoxy) is 1. The predicted octanol–water partition coefficient (Wildman–Crippen LogP) is 3.34. The number of nitrogens with zero attached hydrogens (tertiary/aromatic N) is 1. The molecule has 0 N–H and O–H groups in total. The van der Waals surface area contributed by atoms with Crippen LogP contribution in [0.25, 0.3) is 0 Å². The Morgan fingerprint density at radius 1 is 1.04 bits per heavy atom. The van der Waals surface area contributed by atoms with Gasteiger partial charge in [-0.15, -0.1) is 0 Å². The molecule has 0 aromatic heterocycles. The summed E-state index contributed by atoms with van der Waals surface area (Å²) in [4.78, 5) is 24.6. The molecule has 0 unspecified atom stereocenters. The zero-order valence-electron chi connectivity index (χ0n) is 14.2. The second-order valence-corrected chi connectivity index (χ2v) is 5.44. The van der Waals surface area contributed by atoms with Gasteiger partial charge in [0.25, 0.3) is 5.91 Å². The number of amides is 1. The molecule has 2 aromatic carbocycles. The predicted molar refractivity (Wildman–Crippen MR) is 94.5 cm³/mol. The van der Waals surface area contributed by atoms with Crippen LogP contribution < -0.4 is 4.74 Å². The van der Waals surface area contributed by atoms with Gasteiger partial charge in [-0.2, -0.15) is 0 Å². The van der Waals surface area contributed by atoms with Crippen molar-refractivity contribution in [2.45, 2.75) is 20.3 Å². The lowest BCUT2D eigenvalue weighted by atomic mass is 10.0. The summed E-state index contributed by atoms with van der Waals surface area (Å²) in [5.41, 5.74) is 2.81. The van der Waals surface area contributed by atoms with E-state index in [0.717, 1.165) is 17.4 Å². The summed E-state index contributed by atoms with van der Waals surface area (Å²) in [6, 6.07) is 15.3. The SMILES string of the molecule is CCN(CC)C(=O)c1ccc(Cc2ccccc2OCC=O)cc1. The van der Waals surface area contributed by atoms with Crippen LogP contribution in [0.5, 0.6) is 5.75 Å². The number of benzene rings is 2. The maximum absolute atomic E-state index is 12.3. The van der Waals surface area contributed by atoms with Gasteiger partial charge in [0.05, 0.1) is 0 Å². The maximum atomic E-state index is 12.3. The fraction of sp³-hybridized carbons (Fsp3) is 0.300. The molecular formula is C20H23NO3. The normalized spacial score (nSPS) is 10.2. The van der Waals surface area contributed by atoms with E-state index in [4.69, 9.17) is 4.74 Å². The van der Waals surface area contributed by atoms with Crippen LogP contribution in [0.4, 0.5) is 0 Å². The first-order valence-electron chi connectivity index (χ1n) is 8.22. The van der Waals surface area contributed by atoms with Gasteiger partial charge in [-0.1, -0.05) is 30.3 Å². The van der Waals surface area contributed by atoms with Gasteiger partial charge < -0.3 is 9.64 Å². The lowest BCUT2D eigenvalue weighted by Gasteiger charge is -2.18. The molecule has 0 saturated heterocycles. The highest BCUT2D eigenvalue weighted by atomic mass is 16.5. The van der Waals surface area contributed by atoms with E-state index >= 15 is 0 Å². The number of rotatable bonds is 8. The molecular weight excluding hydrogens is 302 g/mol. The highest BCUT2D eigenvalue weighted by Gasteiger charge is 2.12. The van der Waals surface area contributed by atoms with Crippen molar-refractivity contribution in [3.8, 4) is 5.75 Å². The van der Waals surface area contributed by atoms with Gasteiger partial charge in [0, 0.05) is 25.1 Å². The first kappa shape index (κ1) is 17.7. The Kier molecular flexibility index (Phi) is 6.55. The monoisotopic (exact) mass is 325 g/mol. The zero-order chi connectivity index (χ0) is 17.4. The molecule has 0 spiro atoms. The molecule has 0 bridgehead atoms. The van der Waals surface area contributed by atoms with Crippen LogP contribution in [0.3, 0.4) is 0 Å². The van der Waals surface area contributed by atoms with Gasteiger partial charge in [-0.25, -0.2) is 0 Å². The topological polar surface area (TPSA) is 46.6 Å². The van der Waals surface area contributed by atoms with Crippen LogP contribution in [0.15, 0.2) is 48.5 Å². The Morgan fingerprint density at radius 3 is 2.33 bits per heavy atom. The average molecular weight is 325 g/mol. The molecule has 0 aliphatic heterocycles. The Labute approximate surface area is 143 Å². The standard InChI is InChI=1S/C20H23NO3/c1-3-21(4-2)20(23)17-11-9-16(10-12-17)15-18-7-5-6-8-19(18)24-14-13-22/h5-13H,3-4,14-15H2,1-2H3. The van der Waals surface area contributed by atoms with Crippen LogP contribution in [0.1, 0.15) is 35.3 Å². The quantitative estimate of drug-likeness (QED) is 0.699. The Hall–Kier alpha value is -2.62. The van der Waals surface area contributed by atoms with Crippen molar-refractivity contribution in [3.63, 3.8) is 0 Å². The highest BCUT2D eigenvalue weighted by molar-refractivity contribution is 5.94. The molecule has 0 aliphatic carbocycles. The summed E-state index contributed by atoms with van der Waals surface area (Å²) >= 11 is 0. The fourth-order valence-electron chi connectivity index (χ4n) is 2.59. The smallest absolute Gasteiger partial charge is 0.253 e. The number of para-hydroxylation sites is 1. The van der Waals surface area contributed by atoms with Crippen LogP contribution >= 0.6 is 0 Å². The lowest BCUT2D eigenvalue weighted by Crippen LogP contribution is -2.30. The summed E-state index contributed by atoms with van der Waals surface area (Å²) in [6.45, 7) is 5.42. The van der Waals surface area contributed by atoms with Gasteiger partial charge in [0.2, 0.25) is 0 Å². The number of hydrogen-bond acceptors (Lipinski definition) is 3. The minimum atomic E-state index is 0.0499. The average Bonchev–Trinajstić information content (AvgIpc) is 2.62. The van der Waals surface area contributed by atoms with E-state index in [9.17, 15) is 9.59 Å². The summed E-state index contributed by atoms with van der Waals surface area (Å²) in [7, 11) is 0. The molecule has 4 heteroatoms. The largest absolute Gasteiger partial charge is 0.486 e. The van der Waals surface area contributed by atoms with E-state index in [0.29, 0.717) is 30.8 Å². The summed E-state index contributed by atoms with van der Waals surface area (Å²) in [6.07, 6.45) is 1.43. The second-order valence-electron chi connectivity index (χ2n) is 5.44. The van der Waals surface area contributed by atoms with E-state index in [2.05, 4.69) is 0 Å². The molecule has 126 valence electrons. The van der Waals surface area contributed by atoms with Crippen molar-refractivity contribution >= 4 is 12.2 Å². The summed E-state index contributed by atoms with van der Waals surface area (Å²) in [5.74, 6) is 0.772. The van der Waals surface area contributed by atoms with Crippen molar-refractivity contribution in [2.24, 2.45) is 0 Å². The molecule has 0 aliphatic rings. The minimum Gasteiger partial charge on any atom is -0.486 e. The first-order valence-corrected chi connectivity index (χ1v) is 8.22. The molecule has 0 fully saturated rings. The third-order valence-corrected chi connectivity index (χ3v) is 3.93.